The minimum atomic E-state index is -0.504. The van der Waals surface area contributed by atoms with E-state index in [1.165, 1.54) is 5.20 Å². The van der Waals surface area contributed by atoms with Gasteiger partial charge in [0.05, 0.1) is 0 Å². The number of hydrogen-bond acceptors (Lipinski definition) is 0. The minimum Gasteiger partial charge on any atom is -1.00 e. The molecule has 0 saturated carbocycles. The number of allylic oxidation sites excluding steroid dienone is 4. The van der Waals surface area contributed by atoms with Crippen molar-refractivity contribution in [2.24, 2.45) is 0 Å². The van der Waals surface area contributed by atoms with Crippen LogP contribution in [0.25, 0.3) is 0 Å². The van der Waals surface area contributed by atoms with Gasteiger partial charge < -0.3 is 47.1 Å². The zero-order valence-electron chi connectivity index (χ0n) is 12.4. The van der Waals surface area contributed by atoms with Gasteiger partial charge in [0.25, 0.3) is 0 Å². The molecule has 0 spiro atoms. The standard InChI is InChI=1S/C7H11Si.C4H4P.3CH3.2ClH.Zr/c1-8(2)7-5-3-4-6-7;1-2-4-5-3-1;;;;;;/h3,5,8H,4H2,1-2H3;1-3,5H;3*1H3;2*1H;/q5*-1;;;+2/p-2. The van der Waals surface area contributed by atoms with Gasteiger partial charge in [-0.25, -0.2) is 17.3 Å². The van der Waals surface area contributed by atoms with Gasteiger partial charge in [-0.05, 0) is 0 Å². The number of rotatable bonds is 1. The monoisotopic (exact) mass is 411 g/mol. The summed E-state index contributed by atoms with van der Waals surface area (Å²) in [5.74, 6) is 5.11. The van der Waals surface area contributed by atoms with Gasteiger partial charge in [0.1, 0.15) is 0 Å². The molecule has 0 nitrogen and oxygen atoms in total. The molecule has 5 heteroatoms. The van der Waals surface area contributed by atoms with Gasteiger partial charge in [0.15, 0.2) is 0 Å². The Labute approximate surface area is 156 Å². The largest absolute Gasteiger partial charge is 2.00 e. The molecule has 2 rings (SSSR count). The molecule has 0 radical (unpaired) electrons. The fourth-order valence-corrected chi connectivity index (χ4v) is 2.59. The van der Waals surface area contributed by atoms with Crippen molar-refractivity contribution in [2.75, 3.05) is 0 Å². The molecule has 0 saturated heterocycles. The van der Waals surface area contributed by atoms with Crippen LogP contribution in [0.5, 0.6) is 0 Å². The topological polar surface area (TPSA) is 0 Å². The normalized spacial score (nSPS) is 9.95. The van der Waals surface area contributed by atoms with Gasteiger partial charge in [-0.1, -0.05) is 13.1 Å². The minimum absolute atomic E-state index is 0. The van der Waals surface area contributed by atoms with Crippen molar-refractivity contribution in [3.8, 4) is 0 Å². The molecule has 1 atom stereocenters. The van der Waals surface area contributed by atoms with Gasteiger partial charge in [-0.3, -0.25) is 14.3 Å². The summed E-state index contributed by atoms with van der Waals surface area (Å²) in [6.07, 6.45) is 8.78. The van der Waals surface area contributed by atoms with Crippen LogP contribution in [0.4, 0.5) is 0 Å². The van der Waals surface area contributed by atoms with Gasteiger partial charge in [-0.2, -0.15) is 23.7 Å². The molecule has 112 valence electrons. The van der Waals surface area contributed by atoms with Crippen LogP contribution in [-0.2, 0) is 26.2 Å². The summed E-state index contributed by atoms with van der Waals surface area (Å²) in [6.45, 7) is 4.66. The van der Waals surface area contributed by atoms with E-state index in [1.54, 1.807) is 0 Å². The van der Waals surface area contributed by atoms with Crippen LogP contribution >= 0.6 is 8.19 Å². The molecule has 1 unspecified atom stereocenters. The SMILES string of the molecule is C[SiH](C)C1=[C-]CC=C1.[CH3-].[CH3-].[CH3-].[Cl-].[Cl-].[Zr+2].[c-]1ccc[pH]1. The summed E-state index contributed by atoms with van der Waals surface area (Å²) in [4.78, 5) is 0. The molecule has 0 fully saturated rings. The molecule has 1 heterocycles. The van der Waals surface area contributed by atoms with Crippen molar-refractivity contribution in [1.82, 2.24) is 0 Å². The van der Waals surface area contributed by atoms with E-state index in [9.17, 15) is 0 Å². The number of hydrogen-bond donors (Lipinski definition) is 0. The maximum atomic E-state index is 3.32. The third-order valence-corrected chi connectivity index (χ3v) is 4.12. The Balaban J connectivity index is -0.0000000352. The summed E-state index contributed by atoms with van der Waals surface area (Å²) >= 11 is 0. The number of halogens is 2. The van der Waals surface area contributed by atoms with Crippen molar-refractivity contribution in [3.05, 3.63) is 69.4 Å². The summed E-state index contributed by atoms with van der Waals surface area (Å²) in [5, 5.41) is 1.50. The Morgan fingerprint density at radius 3 is 1.89 bits per heavy atom. The Bertz CT molecular complexity index is 268. The van der Waals surface area contributed by atoms with E-state index in [0.717, 1.165) is 14.6 Å². The molecule has 0 N–H and O–H groups in total. The third kappa shape index (κ3) is 18.9. The van der Waals surface area contributed by atoms with E-state index < -0.39 is 8.80 Å². The fraction of sp³-hybridized carbons (Fsp3) is 0.214. The molecule has 0 bridgehead atoms. The van der Waals surface area contributed by atoms with Crippen LogP contribution in [0, 0.1) is 34.2 Å². The first-order chi connectivity index (χ1) is 6.30. The van der Waals surface area contributed by atoms with Crippen LogP contribution < -0.4 is 24.8 Å². The summed E-state index contributed by atoms with van der Waals surface area (Å²) in [7, 11) is 0.318. The molecular formula is C14H24Cl2PSiZr-5. The Kier molecular flexibility index (Phi) is 46.5. The van der Waals surface area contributed by atoms with Crippen molar-refractivity contribution in [1.29, 1.82) is 0 Å². The quantitative estimate of drug-likeness (QED) is 0.392. The van der Waals surface area contributed by atoms with Gasteiger partial charge in [0, 0.05) is 8.80 Å². The second-order valence-corrected chi connectivity index (χ2v) is 7.05. The van der Waals surface area contributed by atoms with E-state index in [0.29, 0.717) is 0 Å². The smallest absolute Gasteiger partial charge is 1.00 e. The molecule has 1 aliphatic rings. The molecule has 0 aromatic carbocycles. The van der Waals surface area contributed by atoms with Crippen LogP contribution in [0.2, 0.25) is 13.1 Å². The average molecular weight is 414 g/mol. The molecule has 0 aliphatic heterocycles. The first kappa shape index (κ1) is 36.8. The fourth-order valence-electron chi connectivity index (χ4n) is 1.06. The second-order valence-electron chi connectivity index (χ2n) is 3.21. The predicted molar refractivity (Wildman–Crippen MR) is 83.4 cm³/mol. The third-order valence-electron chi connectivity index (χ3n) is 1.79. The van der Waals surface area contributed by atoms with E-state index >= 15 is 0 Å². The van der Waals surface area contributed by atoms with E-state index in [-0.39, 0.29) is 73.3 Å². The van der Waals surface area contributed by atoms with E-state index in [2.05, 4.69) is 42.9 Å². The predicted octanol–water partition coefficient (Wildman–Crippen LogP) is -1.42. The van der Waals surface area contributed by atoms with E-state index in [1.807, 2.05) is 12.1 Å². The van der Waals surface area contributed by atoms with Crippen LogP contribution in [0.15, 0.2) is 35.3 Å². The Morgan fingerprint density at radius 1 is 1.16 bits per heavy atom. The maximum absolute atomic E-state index is 3.32. The van der Waals surface area contributed by atoms with Crippen LogP contribution in [0.3, 0.4) is 0 Å². The zero-order valence-corrected chi connectivity index (χ0v) is 18.6. The van der Waals surface area contributed by atoms with Crippen molar-refractivity contribution in [2.45, 2.75) is 19.5 Å². The van der Waals surface area contributed by atoms with Gasteiger partial charge >= 0.3 is 26.2 Å². The second kappa shape index (κ2) is 24.0. The maximum Gasteiger partial charge on any atom is 2.00 e. The van der Waals surface area contributed by atoms with Crippen molar-refractivity contribution < 1.29 is 51.0 Å². The van der Waals surface area contributed by atoms with Gasteiger partial charge in [0.2, 0.25) is 0 Å². The molecule has 19 heavy (non-hydrogen) atoms. The zero-order chi connectivity index (χ0) is 9.52. The first-order valence-corrected chi connectivity index (χ1v) is 8.54. The van der Waals surface area contributed by atoms with Crippen molar-refractivity contribution >= 4 is 17.0 Å². The molecule has 0 amide bonds. The Morgan fingerprint density at radius 2 is 1.74 bits per heavy atom. The van der Waals surface area contributed by atoms with E-state index in [4.69, 9.17) is 0 Å². The molecule has 1 aromatic rings. The first-order valence-electron chi connectivity index (χ1n) is 4.57. The van der Waals surface area contributed by atoms with Crippen molar-refractivity contribution in [3.63, 3.8) is 0 Å². The Hall–Kier alpha value is 0.940. The summed E-state index contributed by atoms with van der Waals surface area (Å²) in [5.41, 5.74) is 0. The van der Waals surface area contributed by atoms with Crippen LogP contribution in [0.1, 0.15) is 6.42 Å². The van der Waals surface area contributed by atoms with Crippen LogP contribution in [-0.4, -0.2) is 8.80 Å². The van der Waals surface area contributed by atoms with Gasteiger partial charge in [-0.15, -0.1) is 6.42 Å². The summed E-state index contributed by atoms with van der Waals surface area (Å²) < 4.78 is 0. The molecular weight excluding hydrogens is 389 g/mol. The molecule has 1 aromatic heterocycles. The summed E-state index contributed by atoms with van der Waals surface area (Å²) in [6, 6.07) is 3.96. The average Bonchev–Trinajstić information content (AvgIpc) is 2.82. The molecule has 1 aliphatic carbocycles.